The molecule has 0 aliphatic heterocycles. The van der Waals surface area contributed by atoms with Gasteiger partial charge in [-0.3, -0.25) is 0 Å². The normalized spacial score (nSPS) is 9.33. The zero-order valence-electron chi connectivity index (χ0n) is 4.78. The summed E-state index contributed by atoms with van der Waals surface area (Å²) in [6.45, 7) is 3.48. The van der Waals surface area contributed by atoms with Crippen molar-refractivity contribution in [3.8, 4) is 0 Å². The van der Waals surface area contributed by atoms with Gasteiger partial charge in [0.05, 0.1) is 0 Å². The van der Waals surface area contributed by atoms with E-state index in [4.69, 9.17) is 5.21 Å². The molecule has 4 nitrogen and oxygen atoms in total. The smallest absolute Gasteiger partial charge is 0.142 e. The second-order valence-corrected chi connectivity index (χ2v) is 1.53. The third-order valence-electron chi connectivity index (χ3n) is 0.888. The van der Waals surface area contributed by atoms with E-state index in [-0.39, 0.29) is 0 Å². The summed E-state index contributed by atoms with van der Waals surface area (Å²) in [5, 5.41) is 15.3. The molecule has 0 spiro atoms. The van der Waals surface area contributed by atoms with Gasteiger partial charge in [0.15, 0.2) is 0 Å². The van der Waals surface area contributed by atoms with Crippen molar-refractivity contribution in [2.24, 2.45) is 0 Å². The summed E-state index contributed by atoms with van der Waals surface area (Å²) in [6, 6.07) is 0. The highest BCUT2D eigenvalue weighted by Crippen LogP contribution is 1.92. The van der Waals surface area contributed by atoms with Crippen LogP contribution in [0.1, 0.15) is 5.69 Å². The monoisotopic (exact) mass is 124 g/mol. The van der Waals surface area contributed by atoms with E-state index in [0.717, 1.165) is 0 Å². The molecule has 9 heavy (non-hydrogen) atoms. The van der Waals surface area contributed by atoms with Crippen LogP contribution in [0.4, 0.5) is 0 Å². The molecule has 0 fully saturated rings. The van der Waals surface area contributed by atoms with Gasteiger partial charge in [-0.15, -0.1) is 11.7 Å². The number of allylic oxidation sites excluding steroid dienone is 1. The maximum Gasteiger partial charge on any atom is 0.142 e. The Morgan fingerprint density at radius 2 is 2.67 bits per heavy atom. The van der Waals surface area contributed by atoms with Crippen LogP contribution in [0.25, 0.3) is 0 Å². The van der Waals surface area contributed by atoms with Crippen LogP contribution in [0.15, 0.2) is 12.7 Å². The van der Waals surface area contributed by atoms with Gasteiger partial charge in [0, 0.05) is 6.42 Å². The molecule has 0 amide bonds. The minimum atomic E-state index is 0.519. The summed E-state index contributed by atoms with van der Waals surface area (Å²) in [4.78, 5) is 0.682. The largest absolute Gasteiger partial charge is 0.410 e. The molecule has 0 aromatic carbocycles. The van der Waals surface area contributed by atoms with Gasteiger partial charge in [-0.05, 0) is 5.21 Å². The summed E-state index contributed by atoms with van der Waals surface area (Å²) < 4.78 is 0. The van der Waals surface area contributed by atoms with Crippen molar-refractivity contribution in [3.63, 3.8) is 0 Å². The summed E-state index contributed by atoms with van der Waals surface area (Å²) in [6.07, 6.45) is 4.66. The number of nitrogens with zero attached hydrogens (tertiary/aromatic N) is 3. The van der Waals surface area contributed by atoms with E-state index in [1.165, 1.54) is 0 Å². The van der Waals surface area contributed by atoms with E-state index < -0.39 is 0 Å². The Morgan fingerprint density at radius 3 is 3.11 bits per heavy atom. The fourth-order valence-electron chi connectivity index (χ4n) is 0.485. The Balaban J connectivity index is 2.80. The third-order valence-corrected chi connectivity index (χ3v) is 0.888. The molecule has 0 unspecified atom stereocenters. The van der Waals surface area contributed by atoms with Crippen LogP contribution >= 0.6 is 0 Å². The molecule has 1 aromatic rings. The number of hydrogen-bond acceptors (Lipinski definition) is 3. The first kappa shape index (κ1) is 5.81. The van der Waals surface area contributed by atoms with Gasteiger partial charge < -0.3 is 5.21 Å². The first-order valence-corrected chi connectivity index (χ1v) is 2.47. The van der Waals surface area contributed by atoms with Crippen molar-refractivity contribution < 1.29 is 5.21 Å². The van der Waals surface area contributed by atoms with Gasteiger partial charge in [0.25, 0.3) is 0 Å². The predicted octanol–water partition coefficient (Wildman–Crippen LogP) is 0.0441. The molecular weight excluding hydrogens is 118 g/mol. The van der Waals surface area contributed by atoms with Crippen LogP contribution in [0.2, 0.25) is 0 Å². The first-order valence-electron chi connectivity index (χ1n) is 2.47. The summed E-state index contributed by atoms with van der Waals surface area (Å²) in [5.74, 6) is 0. The van der Waals surface area contributed by atoms with E-state index in [9.17, 15) is 0 Å². The van der Waals surface area contributed by atoms with E-state index in [0.29, 0.717) is 17.0 Å². The maximum atomic E-state index is 8.75. The van der Waals surface area contributed by atoms with Crippen LogP contribution in [0.3, 0.4) is 0 Å². The average Bonchev–Trinajstić information content (AvgIpc) is 2.18. The second kappa shape index (κ2) is 2.30. The van der Waals surface area contributed by atoms with Crippen molar-refractivity contribution in [1.82, 2.24) is 15.2 Å². The number of rotatable bonds is 2. The van der Waals surface area contributed by atoms with E-state index in [1.807, 2.05) is 0 Å². The Hall–Kier alpha value is -1.32. The van der Waals surface area contributed by atoms with Gasteiger partial charge in [0.1, 0.15) is 11.9 Å². The summed E-state index contributed by atoms with van der Waals surface area (Å²) >= 11 is 0. The molecule has 0 aliphatic carbocycles. The van der Waals surface area contributed by atoms with Crippen molar-refractivity contribution in [2.75, 3.05) is 0 Å². The van der Waals surface area contributed by atoms with Gasteiger partial charge in [-0.25, -0.2) is 0 Å². The van der Waals surface area contributed by atoms with Gasteiger partial charge in [0.2, 0.25) is 0 Å². The third kappa shape index (κ3) is 1.07. The van der Waals surface area contributed by atoms with E-state index in [1.54, 1.807) is 6.08 Å². The lowest BCUT2D eigenvalue weighted by molar-refractivity contribution is 0.135. The quantitative estimate of drug-likeness (QED) is 0.447. The molecule has 0 aliphatic rings. The summed E-state index contributed by atoms with van der Waals surface area (Å²) in [7, 11) is 0. The van der Waals surface area contributed by atoms with Crippen LogP contribution < -0.4 is 0 Å². The molecule has 47 valence electrons. The molecule has 4 heteroatoms. The second-order valence-electron chi connectivity index (χ2n) is 1.53. The van der Waals surface area contributed by atoms with Gasteiger partial charge in [-0.1, -0.05) is 10.9 Å². The molecular formula is C5H6N3O. The zero-order valence-corrected chi connectivity index (χ0v) is 4.78. The Labute approximate surface area is 52.4 Å². The lowest BCUT2D eigenvalue weighted by atomic mass is 10.3. The Bertz CT molecular complexity index is 206. The number of hydrogen-bond donors (Lipinski definition) is 1. The van der Waals surface area contributed by atoms with Crippen LogP contribution in [-0.4, -0.2) is 20.4 Å². The minimum absolute atomic E-state index is 0.519. The molecule has 0 saturated heterocycles. The Morgan fingerprint density at radius 1 is 1.89 bits per heavy atom. The highest BCUT2D eigenvalue weighted by atomic mass is 16.5. The van der Waals surface area contributed by atoms with Crippen LogP contribution in [-0.2, 0) is 6.42 Å². The molecule has 1 heterocycles. The Kier molecular flexibility index (Phi) is 1.48. The lowest BCUT2D eigenvalue weighted by Gasteiger charge is -1.89. The highest BCUT2D eigenvalue weighted by molar-refractivity contribution is 4.95. The van der Waals surface area contributed by atoms with Crippen molar-refractivity contribution in [1.29, 1.82) is 0 Å². The lowest BCUT2D eigenvalue weighted by Crippen LogP contribution is -1.97. The van der Waals surface area contributed by atoms with Crippen molar-refractivity contribution >= 4 is 0 Å². The average molecular weight is 124 g/mol. The molecule has 0 saturated carbocycles. The zero-order chi connectivity index (χ0) is 6.69. The summed E-state index contributed by atoms with van der Waals surface area (Å²) in [5.41, 5.74) is 0.519. The minimum Gasteiger partial charge on any atom is -0.410 e. The topological polar surface area (TPSA) is 50.9 Å². The molecule has 1 radical (unpaired) electrons. The highest BCUT2D eigenvalue weighted by Gasteiger charge is 1.97. The molecule has 0 bridgehead atoms. The van der Waals surface area contributed by atoms with Gasteiger partial charge >= 0.3 is 0 Å². The molecule has 1 rings (SSSR count). The molecule has 0 atom stereocenters. The first-order chi connectivity index (χ1) is 4.34. The molecule has 1 N–H and O–H groups in total. The van der Waals surface area contributed by atoms with Crippen molar-refractivity contribution in [3.05, 3.63) is 24.5 Å². The SMILES string of the molecule is C=CCc1[c]nnn1O. The maximum absolute atomic E-state index is 8.75. The standard InChI is InChI=1S/C5H6N3O/c1-2-3-5-4-6-7-8(5)9/h2,9H,1,3H2. The van der Waals surface area contributed by atoms with E-state index >= 15 is 0 Å². The van der Waals surface area contributed by atoms with Crippen molar-refractivity contribution in [2.45, 2.75) is 6.42 Å². The fourth-order valence-corrected chi connectivity index (χ4v) is 0.485. The molecule has 1 aromatic heterocycles. The predicted molar refractivity (Wildman–Crippen MR) is 29.9 cm³/mol. The van der Waals surface area contributed by atoms with E-state index in [2.05, 4.69) is 23.1 Å². The van der Waals surface area contributed by atoms with Gasteiger partial charge in [-0.2, -0.15) is 0 Å². The number of aromatic nitrogens is 3. The fraction of sp³-hybridized carbons (Fsp3) is 0.200. The van der Waals surface area contributed by atoms with Crippen LogP contribution in [0.5, 0.6) is 0 Å². The van der Waals surface area contributed by atoms with Crippen LogP contribution in [0, 0.1) is 6.20 Å².